The summed E-state index contributed by atoms with van der Waals surface area (Å²) in [4.78, 5) is 22.9. The lowest BCUT2D eigenvalue weighted by atomic mass is 10.1. The van der Waals surface area contributed by atoms with E-state index in [1.165, 1.54) is 6.92 Å². The van der Waals surface area contributed by atoms with Gasteiger partial charge in [-0.15, -0.1) is 0 Å². The van der Waals surface area contributed by atoms with E-state index in [0.717, 1.165) is 11.4 Å². The number of amides is 2. The SMILES string of the molecule is CC(=O)NCCCNC(=O)c1cccc(Nc2ccc(C#N)cc2)c1. The summed E-state index contributed by atoms with van der Waals surface area (Å²) in [6, 6.07) is 16.3. The number of rotatable bonds is 7. The molecule has 2 rings (SSSR count). The summed E-state index contributed by atoms with van der Waals surface area (Å²) >= 11 is 0. The maximum atomic E-state index is 12.2. The van der Waals surface area contributed by atoms with Crippen molar-refractivity contribution in [2.75, 3.05) is 18.4 Å². The molecule has 6 nitrogen and oxygen atoms in total. The Balaban J connectivity index is 1.90. The fourth-order valence-electron chi connectivity index (χ4n) is 2.19. The number of carbonyl (C=O) groups excluding carboxylic acids is 2. The summed E-state index contributed by atoms with van der Waals surface area (Å²) in [5.74, 6) is -0.237. The van der Waals surface area contributed by atoms with Gasteiger partial charge < -0.3 is 16.0 Å². The Hall–Kier alpha value is -3.33. The number of anilines is 2. The normalized spacial score (nSPS) is 9.76. The van der Waals surface area contributed by atoms with E-state index < -0.39 is 0 Å². The van der Waals surface area contributed by atoms with Crippen LogP contribution in [0.1, 0.15) is 29.3 Å². The number of hydrogen-bond acceptors (Lipinski definition) is 4. The highest BCUT2D eigenvalue weighted by molar-refractivity contribution is 5.95. The van der Waals surface area contributed by atoms with Crippen molar-refractivity contribution in [3.05, 3.63) is 59.7 Å². The van der Waals surface area contributed by atoms with Crippen LogP contribution in [0.5, 0.6) is 0 Å². The molecule has 0 aliphatic rings. The van der Waals surface area contributed by atoms with Gasteiger partial charge in [-0.05, 0) is 48.9 Å². The van der Waals surface area contributed by atoms with Gasteiger partial charge in [0, 0.05) is 37.0 Å². The molecule has 0 aliphatic carbocycles. The van der Waals surface area contributed by atoms with Crippen molar-refractivity contribution in [1.82, 2.24) is 10.6 Å². The van der Waals surface area contributed by atoms with Crippen LogP contribution in [0.15, 0.2) is 48.5 Å². The second-order valence-corrected chi connectivity index (χ2v) is 5.49. The van der Waals surface area contributed by atoms with Gasteiger partial charge in [0.25, 0.3) is 5.91 Å². The quantitative estimate of drug-likeness (QED) is 0.677. The second kappa shape index (κ2) is 9.08. The number of nitrogens with zero attached hydrogens (tertiary/aromatic N) is 1. The van der Waals surface area contributed by atoms with Crippen LogP contribution in [0.2, 0.25) is 0 Å². The summed E-state index contributed by atoms with van der Waals surface area (Å²) < 4.78 is 0. The molecule has 2 aromatic rings. The minimum Gasteiger partial charge on any atom is -0.356 e. The Kier molecular flexibility index (Phi) is 6.55. The van der Waals surface area contributed by atoms with Crippen molar-refractivity contribution in [2.45, 2.75) is 13.3 Å². The highest BCUT2D eigenvalue weighted by atomic mass is 16.2. The number of nitrogens with one attached hydrogen (secondary N) is 3. The first-order valence-corrected chi connectivity index (χ1v) is 7.98. The molecular formula is C19H20N4O2. The number of carbonyl (C=O) groups is 2. The standard InChI is InChI=1S/C19H20N4O2/c1-14(24)21-10-3-11-22-19(25)16-4-2-5-18(12-16)23-17-8-6-15(13-20)7-9-17/h2,4-9,12,23H,3,10-11H2,1H3,(H,21,24)(H,22,25). The fraction of sp³-hybridized carbons (Fsp3) is 0.211. The lowest BCUT2D eigenvalue weighted by Crippen LogP contribution is -2.28. The third kappa shape index (κ3) is 5.99. The average molecular weight is 336 g/mol. The van der Waals surface area contributed by atoms with Gasteiger partial charge in [0.15, 0.2) is 0 Å². The van der Waals surface area contributed by atoms with Gasteiger partial charge in [-0.2, -0.15) is 5.26 Å². The monoisotopic (exact) mass is 336 g/mol. The molecule has 0 spiro atoms. The van der Waals surface area contributed by atoms with Crippen LogP contribution < -0.4 is 16.0 Å². The molecule has 0 bridgehead atoms. The molecule has 2 amide bonds. The zero-order valence-corrected chi connectivity index (χ0v) is 14.0. The molecule has 0 unspecified atom stereocenters. The van der Waals surface area contributed by atoms with Crippen LogP contribution in [0.25, 0.3) is 0 Å². The number of benzene rings is 2. The van der Waals surface area contributed by atoms with E-state index in [4.69, 9.17) is 5.26 Å². The van der Waals surface area contributed by atoms with Crippen LogP contribution in [-0.4, -0.2) is 24.9 Å². The molecule has 0 aromatic heterocycles. The average Bonchev–Trinajstić information content (AvgIpc) is 2.62. The maximum absolute atomic E-state index is 12.2. The fourth-order valence-corrected chi connectivity index (χ4v) is 2.19. The Morgan fingerprint density at radius 1 is 1.00 bits per heavy atom. The van der Waals surface area contributed by atoms with E-state index in [-0.39, 0.29) is 11.8 Å². The third-order valence-electron chi connectivity index (χ3n) is 3.44. The molecule has 0 radical (unpaired) electrons. The molecule has 128 valence electrons. The lowest BCUT2D eigenvalue weighted by Gasteiger charge is -2.09. The molecule has 2 aromatic carbocycles. The van der Waals surface area contributed by atoms with Crippen LogP contribution in [-0.2, 0) is 4.79 Å². The van der Waals surface area contributed by atoms with E-state index in [0.29, 0.717) is 30.6 Å². The van der Waals surface area contributed by atoms with Gasteiger partial charge >= 0.3 is 0 Å². The summed E-state index contributed by atoms with van der Waals surface area (Å²) in [5.41, 5.74) is 2.78. The predicted octanol–water partition coefficient (Wildman–Crippen LogP) is 2.56. The van der Waals surface area contributed by atoms with Crippen LogP contribution >= 0.6 is 0 Å². The topological polar surface area (TPSA) is 94.0 Å². The minimum atomic E-state index is -0.161. The molecule has 0 saturated heterocycles. The highest BCUT2D eigenvalue weighted by Gasteiger charge is 2.06. The molecule has 3 N–H and O–H groups in total. The molecule has 0 saturated carbocycles. The summed E-state index contributed by atoms with van der Waals surface area (Å²) in [6.45, 7) is 2.49. The Morgan fingerprint density at radius 2 is 1.72 bits per heavy atom. The maximum Gasteiger partial charge on any atom is 0.251 e. The zero-order chi connectivity index (χ0) is 18.1. The van der Waals surface area contributed by atoms with Gasteiger partial charge in [-0.25, -0.2) is 0 Å². The third-order valence-corrected chi connectivity index (χ3v) is 3.44. The van der Waals surface area contributed by atoms with Crippen LogP contribution in [0, 0.1) is 11.3 Å². The van der Waals surface area contributed by atoms with E-state index in [1.54, 1.807) is 30.3 Å². The predicted molar refractivity (Wildman–Crippen MR) is 96.5 cm³/mol. The van der Waals surface area contributed by atoms with Crippen molar-refractivity contribution in [3.63, 3.8) is 0 Å². The van der Waals surface area contributed by atoms with E-state index in [1.807, 2.05) is 18.2 Å². The zero-order valence-electron chi connectivity index (χ0n) is 14.0. The second-order valence-electron chi connectivity index (χ2n) is 5.49. The van der Waals surface area contributed by atoms with E-state index >= 15 is 0 Å². The van der Waals surface area contributed by atoms with E-state index in [9.17, 15) is 9.59 Å². The minimum absolute atomic E-state index is 0.0760. The van der Waals surface area contributed by atoms with Gasteiger partial charge in [0.2, 0.25) is 5.91 Å². The summed E-state index contributed by atoms with van der Waals surface area (Å²) in [7, 11) is 0. The molecule has 0 fully saturated rings. The summed E-state index contributed by atoms with van der Waals surface area (Å²) in [6.07, 6.45) is 0.675. The smallest absolute Gasteiger partial charge is 0.251 e. The Bertz CT molecular complexity index is 779. The molecule has 25 heavy (non-hydrogen) atoms. The Labute approximate surface area is 146 Å². The van der Waals surface area contributed by atoms with E-state index in [2.05, 4.69) is 22.0 Å². The largest absolute Gasteiger partial charge is 0.356 e. The molecular weight excluding hydrogens is 316 g/mol. The van der Waals surface area contributed by atoms with Crippen molar-refractivity contribution >= 4 is 23.2 Å². The van der Waals surface area contributed by atoms with Crippen LogP contribution in [0.3, 0.4) is 0 Å². The number of nitriles is 1. The molecule has 0 atom stereocenters. The van der Waals surface area contributed by atoms with Gasteiger partial charge in [0.1, 0.15) is 0 Å². The lowest BCUT2D eigenvalue weighted by molar-refractivity contribution is -0.118. The first-order valence-electron chi connectivity index (χ1n) is 7.98. The molecule has 0 aliphatic heterocycles. The molecule has 6 heteroatoms. The van der Waals surface area contributed by atoms with Gasteiger partial charge in [-0.3, -0.25) is 9.59 Å². The Morgan fingerprint density at radius 3 is 2.40 bits per heavy atom. The highest BCUT2D eigenvalue weighted by Crippen LogP contribution is 2.18. The van der Waals surface area contributed by atoms with Crippen molar-refractivity contribution in [2.24, 2.45) is 0 Å². The number of hydrogen-bond donors (Lipinski definition) is 3. The first-order chi connectivity index (χ1) is 12.1. The van der Waals surface area contributed by atoms with Crippen molar-refractivity contribution in [1.29, 1.82) is 5.26 Å². The molecule has 0 heterocycles. The van der Waals surface area contributed by atoms with Crippen molar-refractivity contribution < 1.29 is 9.59 Å². The van der Waals surface area contributed by atoms with Gasteiger partial charge in [-0.1, -0.05) is 6.07 Å². The summed E-state index contributed by atoms with van der Waals surface area (Å²) in [5, 5.41) is 17.5. The first kappa shape index (κ1) is 18.0. The van der Waals surface area contributed by atoms with Crippen molar-refractivity contribution in [3.8, 4) is 6.07 Å². The van der Waals surface area contributed by atoms with Gasteiger partial charge in [0.05, 0.1) is 11.6 Å². The van der Waals surface area contributed by atoms with Crippen LogP contribution in [0.4, 0.5) is 11.4 Å².